The van der Waals surface area contributed by atoms with Crippen LogP contribution in [0.25, 0.3) is 0 Å². The number of nitrogens with zero attached hydrogens (tertiary/aromatic N) is 1. The maximum Gasteiger partial charge on any atom is 0.256 e. The van der Waals surface area contributed by atoms with E-state index >= 15 is 0 Å². The van der Waals surface area contributed by atoms with E-state index in [0.29, 0.717) is 19.7 Å². The molecule has 2 rings (SSSR count). The van der Waals surface area contributed by atoms with Crippen molar-refractivity contribution in [2.45, 2.75) is 13.0 Å². The van der Waals surface area contributed by atoms with Crippen molar-refractivity contribution in [2.24, 2.45) is 0 Å². The van der Waals surface area contributed by atoms with E-state index in [1.807, 2.05) is 6.92 Å². The van der Waals surface area contributed by atoms with Gasteiger partial charge in [0.2, 0.25) is 0 Å². The van der Waals surface area contributed by atoms with Gasteiger partial charge in [-0.25, -0.2) is 8.78 Å². The van der Waals surface area contributed by atoms with Crippen molar-refractivity contribution in [3.8, 4) is 0 Å². The van der Waals surface area contributed by atoms with Crippen LogP contribution in [0.4, 0.5) is 14.5 Å². The summed E-state index contributed by atoms with van der Waals surface area (Å²) in [6.07, 6.45) is -0.0748. The van der Waals surface area contributed by atoms with Crippen molar-refractivity contribution in [3.63, 3.8) is 0 Å². The lowest BCUT2D eigenvalue weighted by molar-refractivity contribution is -0.0124. The zero-order valence-electron chi connectivity index (χ0n) is 9.95. The van der Waals surface area contributed by atoms with Crippen LogP contribution in [0.3, 0.4) is 0 Å². The largest absolute Gasteiger partial charge is 0.398 e. The molecule has 1 aromatic carbocycles. The van der Waals surface area contributed by atoms with Gasteiger partial charge in [-0.2, -0.15) is 0 Å². The van der Waals surface area contributed by atoms with E-state index in [9.17, 15) is 13.6 Å². The van der Waals surface area contributed by atoms with Gasteiger partial charge in [-0.1, -0.05) is 0 Å². The lowest BCUT2D eigenvalue weighted by Crippen LogP contribution is -2.44. The molecule has 0 bridgehead atoms. The molecule has 0 spiro atoms. The van der Waals surface area contributed by atoms with Crippen molar-refractivity contribution in [2.75, 3.05) is 25.4 Å². The Morgan fingerprint density at radius 3 is 2.78 bits per heavy atom. The summed E-state index contributed by atoms with van der Waals surface area (Å²) in [4.78, 5) is 13.7. The summed E-state index contributed by atoms with van der Waals surface area (Å²) >= 11 is 0. The second-order valence-electron chi connectivity index (χ2n) is 4.29. The molecule has 1 heterocycles. The molecule has 1 saturated heterocycles. The summed E-state index contributed by atoms with van der Waals surface area (Å²) in [6, 6.07) is 1.67. The number of morpholine rings is 1. The Labute approximate surface area is 103 Å². The minimum absolute atomic E-state index is 0.0111. The number of halogens is 2. The Morgan fingerprint density at radius 1 is 1.44 bits per heavy atom. The van der Waals surface area contributed by atoms with Gasteiger partial charge in [0.05, 0.1) is 18.3 Å². The van der Waals surface area contributed by atoms with E-state index in [1.165, 1.54) is 4.90 Å². The molecule has 18 heavy (non-hydrogen) atoms. The van der Waals surface area contributed by atoms with Gasteiger partial charge in [0, 0.05) is 24.8 Å². The van der Waals surface area contributed by atoms with E-state index in [-0.39, 0.29) is 17.4 Å². The zero-order chi connectivity index (χ0) is 13.3. The van der Waals surface area contributed by atoms with Crippen LogP contribution in [0.1, 0.15) is 17.3 Å². The van der Waals surface area contributed by atoms with Crippen LogP contribution in [0.5, 0.6) is 0 Å². The van der Waals surface area contributed by atoms with Crippen LogP contribution in [0, 0.1) is 11.6 Å². The molecule has 2 N–H and O–H groups in total. The molecule has 0 radical (unpaired) electrons. The first kappa shape index (κ1) is 12.8. The summed E-state index contributed by atoms with van der Waals surface area (Å²) in [6.45, 7) is 3.10. The number of hydrogen-bond donors (Lipinski definition) is 1. The minimum atomic E-state index is -1.08. The number of nitrogen functional groups attached to an aromatic ring is 1. The summed E-state index contributed by atoms with van der Waals surface area (Å²) in [5, 5.41) is 0. The SMILES string of the molecule is CC1CN(C(=O)c2cc(F)c(F)cc2N)CCO1. The third-order valence-corrected chi connectivity index (χ3v) is 2.85. The van der Waals surface area contributed by atoms with Crippen molar-refractivity contribution in [1.29, 1.82) is 0 Å². The normalized spacial score (nSPS) is 19.9. The second kappa shape index (κ2) is 4.89. The molecule has 0 aliphatic carbocycles. The lowest BCUT2D eigenvalue weighted by Gasteiger charge is -2.31. The van der Waals surface area contributed by atoms with E-state index in [0.717, 1.165) is 12.1 Å². The van der Waals surface area contributed by atoms with Gasteiger partial charge < -0.3 is 15.4 Å². The molecule has 4 nitrogen and oxygen atoms in total. The maximum atomic E-state index is 13.1. The highest BCUT2D eigenvalue weighted by Crippen LogP contribution is 2.20. The summed E-state index contributed by atoms with van der Waals surface area (Å²) in [7, 11) is 0. The maximum absolute atomic E-state index is 13.1. The van der Waals surface area contributed by atoms with Crippen molar-refractivity contribution >= 4 is 11.6 Å². The van der Waals surface area contributed by atoms with Crippen LogP contribution in [-0.2, 0) is 4.74 Å². The molecule has 1 unspecified atom stereocenters. The molecular weight excluding hydrogens is 242 g/mol. The van der Waals surface area contributed by atoms with Crippen LogP contribution in [-0.4, -0.2) is 36.6 Å². The average Bonchev–Trinajstić information content (AvgIpc) is 2.33. The Morgan fingerprint density at radius 2 is 2.11 bits per heavy atom. The van der Waals surface area contributed by atoms with Crippen molar-refractivity contribution in [1.82, 2.24) is 4.90 Å². The van der Waals surface area contributed by atoms with Gasteiger partial charge in [0.1, 0.15) is 0 Å². The molecule has 1 aromatic rings. The van der Waals surface area contributed by atoms with Gasteiger partial charge in [0.15, 0.2) is 11.6 Å². The molecule has 0 aromatic heterocycles. The highest BCUT2D eigenvalue weighted by molar-refractivity contribution is 5.99. The molecule has 1 aliphatic heterocycles. The average molecular weight is 256 g/mol. The van der Waals surface area contributed by atoms with E-state index in [1.54, 1.807) is 0 Å². The van der Waals surface area contributed by atoms with E-state index < -0.39 is 17.5 Å². The number of amides is 1. The van der Waals surface area contributed by atoms with Crippen molar-refractivity contribution < 1.29 is 18.3 Å². The lowest BCUT2D eigenvalue weighted by atomic mass is 10.1. The standard InChI is InChI=1S/C12H14F2N2O2/c1-7-6-16(2-3-18-7)12(17)8-4-9(13)10(14)5-11(8)15/h4-5,7H,2-3,6,15H2,1H3. The number of nitrogens with two attached hydrogens (primary N) is 1. The van der Waals surface area contributed by atoms with Gasteiger partial charge in [0.25, 0.3) is 5.91 Å². The third-order valence-electron chi connectivity index (χ3n) is 2.85. The highest BCUT2D eigenvalue weighted by atomic mass is 19.2. The number of benzene rings is 1. The fraction of sp³-hybridized carbons (Fsp3) is 0.417. The number of anilines is 1. The summed E-state index contributed by atoms with van der Waals surface area (Å²) in [5.41, 5.74) is 5.48. The van der Waals surface area contributed by atoms with Crippen LogP contribution < -0.4 is 5.73 Å². The molecule has 1 amide bonds. The van der Waals surface area contributed by atoms with Gasteiger partial charge in [-0.15, -0.1) is 0 Å². The van der Waals surface area contributed by atoms with Crippen LogP contribution in [0.15, 0.2) is 12.1 Å². The fourth-order valence-corrected chi connectivity index (χ4v) is 1.92. The Kier molecular flexibility index (Phi) is 3.47. The molecule has 1 fully saturated rings. The van der Waals surface area contributed by atoms with E-state index in [4.69, 9.17) is 10.5 Å². The third kappa shape index (κ3) is 2.43. The van der Waals surface area contributed by atoms with E-state index in [2.05, 4.69) is 0 Å². The smallest absolute Gasteiger partial charge is 0.256 e. The Hall–Kier alpha value is -1.69. The Balaban J connectivity index is 2.25. The second-order valence-corrected chi connectivity index (χ2v) is 4.29. The highest BCUT2D eigenvalue weighted by Gasteiger charge is 2.24. The van der Waals surface area contributed by atoms with Gasteiger partial charge >= 0.3 is 0 Å². The molecule has 0 saturated carbocycles. The summed E-state index contributed by atoms with van der Waals surface area (Å²) < 4.78 is 31.4. The topological polar surface area (TPSA) is 55.6 Å². The predicted octanol–water partition coefficient (Wildman–Crippen LogP) is 1.41. The molecule has 1 aliphatic rings. The van der Waals surface area contributed by atoms with Gasteiger partial charge in [-0.3, -0.25) is 4.79 Å². The molecular formula is C12H14F2N2O2. The fourth-order valence-electron chi connectivity index (χ4n) is 1.92. The monoisotopic (exact) mass is 256 g/mol. The predicted molar refractivity (Wildman–Crippen MR) is 62.1 cm³/mol. The zero-order valence-corrected chi connectivity index (χ0v) is 9.95. The summed E-state index contributed by atoms with van der Waals surface area (Å²) in [5.74, 6) is -2.53. The number of rotatable bonds is 1. The van der Waals surface area contributed by atoms with Crippen LogP contribution >= 0.6 is 0 Å². The van der Waals surface area contributed by atoms with Gasteiger partial charge in [-0.05, 0) is 13.0 Å². The number of carbonyl (C=O) groups is 1. The van der Waals surface area contributed by atoms with Crippen molar-refractivity contribution in [3.05, 3.63) is 29.3 Å². The first-order valence-electron chi connectivity index (χ1n) is 5.64. The van der Waals surface area contributed by atoms with Crippen LogP contribution in [0.2, 0.25) is 0 Å². The molecule has 1 atom stereocenters. The first-order chi connectivity index (χ1) is 8.49. The number of ether oxygens (including phenoxy) is 1. The number of carbonyl (C=O) groups excluding carboxylic acids is 1. The number of hydrogen-bond acceptors (Lipinski definition) is 3. The quantitative estimate of drug-likeness (QED) is 0.773. The first-order valence-corrected chi connectivity index (χ1v) is 5.64. The Bertz CT molecular complexity index is 479. The molecule has 98 valence electrons. The molecule has 6 heteroatoms. The minimum Gasteiger partial charge on any atom is -0.398 e.